The molecule has 0 bridgehead atoms. The van der Waals surface area contributed by atoms with E-state index in [1.54, 1.807) is 16.9 Å². The summed E-state index contributed by atoms with van der Waals surface area (Å²) >= 11 is 6.02. The van der Waals surface area contributed by atoms with Crippen LogP contribution in [0.15, 0.2) is 29.3 Å². The Balaban J connectivity index is 2.04. The van der Waals surface area contributed by atoms with E-state index in [0.29, 0.717) is 16.5 Å². The molecule has 0 aromatic carbocycles. The van der Waals surface area contributed by atoms with Crippen LogP contribution in [0.5, 0.6) is 0 Å². The second-order valence-electron chi connectivity index (χ2n) is 4.26. The highest BCUT2D eigenvalue weighted by molar-refractivity contribution is 6.31. The Morgan fingerprint density at radius 2 is 2.33 bits per heavy atom. The van der Waals surface area contributed by atoms with E-state index in [-0.39, 0.29) is 18.2 Å². The molecular formula is C12H10ClFN4. The first-order valence-electron chi connectivity index (χ1n) is 5.54. The lowest BCUT2D eigenvalue weighted by atomic mass is 10.0. The van der Waals surface area contributed by atoms with Crippen molar-refractivity contribution in [3.63, 3.8) is 0 Å². The Bertz CT molecular complexity index is 635. The summed E-state index contributed by atoms with van der Waals surface area (Å²) < 4.78 is 14.8. The third-order valence-electron chi connectivity index (χ3n) is 2.86. The molecule has 2 aromatic heterocycles. The van der Waals surface area contributed by atoms with Crippen molar-refractivity contribution >= 4 is 23.5 Å². The minimum absolute atomic E-state index is 0.214. The molecule has 18 heavy (non-hydrogen) atoms. The van der Waals surface area contributed by atoms with Crippen LogP contribution in [0.3, 0.4) is 0 Å². The lowest BCUT2D eigenvalue weighted by Crippen LogP contribution is -2.06. The lowest BCUT2D eigenvalue weighted by Gasteiger charge is -2.08. The van der Waals surface area contributed by atoms with Crippen molar-refractivity contribution in [2.75, 3.05) is 0 Å². The SMILES string of the molecule is Cc1cc2nc(C3C=NC=C(F)C3)nn2cc1Cl. The molecule has 1 aliphatic rings. The van der Waals surface area contributed by atoms with Crippen LogP contribution in [0.25, 0.3) is 5.65 Å². The number of halogens is 2. The summed E-state index contributed by atoms with van der Waals surface area (Å²) in [5.41, 5.74) is 1.64. The smallest absolute Gasteiger partial charge is 0.160 e. The molecule has 4 nitrogen and oxygen atoms in total. The molecule has 0 radical (unpaired) electrons. The van der Waals surface area contributed by atoms with Crippen molar-refractivity contribution in [2.24, 2.45) is 4.99 Å². The number of aryl methyl sites for hydroxylation is 1. The first-order valence-corrected chi connectivity index (χ1v) is 5.91. The van der Waals surface area contributed by atoms with E-state index in [9.17, 15) is 4.39 Å². The van der Waals surface area contributed by atoms with Crippen LogP contribution < -0.4 is 0 Å². The number of allylic oxidation sites excluding steroid dienone is 1. The number of nitrogens with zero attached hydrogens (tertiary/aromatic N) is 4. The Kier molecular flexibility index (Phi) is 2.63. The van der Waals surface area contributed by atoms with Crippen LogP contribution >= 0.6 is 11.6 Å². The van der Waals surface area contributed by atoms with Gasteiger partial charge in [-0.1, -0.05) is 11.6 Å². The van der Waals surface area contributed by atoms with Gasteiger partial charge in [-0.05, 0) is 18.6 Å². The van der Waals surface area contributed by atoms with Gasteiger partial charge in [-0.2, -0.15) is 5.10 Å². The zero-order valence-electron chi connectivity index (χ0n) is 9.64. The third-order valence-corrected chi connectivity index (χ3v) is 3.25. The minimum atomic E-state index is -0.254. The molecular weight excluding hydrogens is 255 g/mol. The van der Waals surface area contributed by atoms with Crippen molar-refractivity contribution in [1.82, 2.24) is 14.6 Å². The van der Waals surface area contributed by atoms with Crippen LogP contribution in [0.4, 0.5) is 4.39 Å². The monoisotopic (exact) mass is 264 g/mol. The van der Waals surface area contributed by atoms with Crippen LogP contribution in [-0.4, -0.2) is 20.8 Å². The number of rotatable bonds is 1. The largest absolute Gasteiger partial charge is 0.266 e. The highest BCUT2D eigenvalue weighted by Gasteiger charge is 2.19. The average Bonchev–Trinajstić information content (AvgIpc) is 2.73. The molecule has 3 heterocycles. The fourth-order valence-corrected chi connectivity index (χ4v) is 2.02. The molecule has 2 aromatic rings. The molecule has 0 fully saturated rings. The summed E-state index contributed by atoms with van der Waals surface area (Å²) in [5.74, 6) is 0.0909. The zero-order valence-corrected chi connectivity index (χ0v) is 10.4. The third kappa shape index (κ3) is 1.90. The normalized spacial score (nSPS) is 19.3. The van der Waals surface area contributed by atoms with Gasteiger partial charge in [0.1, 0.15) is 5.83 Å². The average molecular weight is 265 g/mol. The molecule has 0 aliphatic carbocycles. The van der Waals surface area contributed by atoms with Gasteiger partial charge in [-0.25, -0.2) is 13.9 Å². The second-order valence-corrected chi connectivity index (χ2v) is 4.67. The van der Waals surface area contributed by atoms with Crippen LogP contribution in [-0.2, 0) is 0 Å². The second kappa shape index (κ2) is 4.17. The van der Waals surface area contributed by atoms with Crippen molar-refractivity contribution in [2.45, 2.75) is 19.3 Å². The summed E-state index contributed by atoms with van der Waals surface area (Å²) in [7, 11) is 0. The Morgan fingerprint density at radius 1 is 1.50 bits per heavy atom. The van der Waals surface area contributed by atoms with E-state index >= 15 is 0 Å². The van der Waals surface area contributed by atoms with E-state index in [1.807, 2.05) is 13.0 Å². The summed E-state index contributed by atoms with van der Waals surface area (Å²) in [6.07, 6.45) is 4.83. The summed E-state index contributed by atoms with van der Waals surface area (Å²) in [6.45, 7) is 1.90. The Hall–Kier alpha value is -1.75. The molecule has 1 atom stereocenters. The van der Waals surface area contributed by atoms with E-state index in [2.05, 4.69) is 15.1 Å². The summed E-state index contributed by atoms with van der Waals surface area (Å²) in [6, 6.07) is 1.85. The van der Waals surface area contributed by atoms with Crippen LogP contribution in [0, 0.1) is 6.92 Å². The van der Waals surface area contributed by atoms with Crippen LogP contribution in [0.1, 0.15) is 23.7 Å². The first kappa shape index (κ1) is 11.3. The highest BCUT2D eigenvalue weighted by atomic mass is 35.5. The van der Waals surface area contributed by atoms with E-state index in [1.165, 1.54) is 6.20 Å². The topological polar surface area (TPSA) is 42.5 Å². The molecule has 92 valence electrons. The number of hydrogen-bond acceptors (Lipinski definition) is 3. The van der Waals surface area contributed by atoms with Crippen molar-refractivity contribution in [3.05, 3.63) is 40.7 Å². The van der Waals surface area contributed by atoms with Gasteiger partial charge in [-0.3, -0.25) is 4.99 Å². The van der Waals surface area contributed by atoms with Gasteiger partial charge < -0.3 is 0 Å². The van der Waals surface area contributed by atoms with Gasteiger partial charge in [0.2, 0.25) is 0 Å². The van der Waals surface area contributed by atoms with Crippen molar-refractivity contribution in [3.8, 4) is 0 Å². The van der Waals surface area contributed by atoms with Gasteiger partial charge in [-0.15, -0.1) is 0 Å². The molecule has 3 rings (SSSR count). The van der Waals surface area contributed by atoms with E-state index < -0.39 is 0 Å². The minimum Gasteiger partial charge on any atom is -0.266 e. The predicted octanol–water partition coefficient (Wildman–Crippen LogP) is 3.06. The van der Waals surface area contributed by atoms with Gasteiger partial charge in [0.05, 0.1) is 17.1 Å². The summed E-state index contributed by atoms with van der Waals surface area (Å²) in [5, 5.41) is 4.94. The highest BCUT2D eigenvalue weighted by Crippen LogP contribution is 2.25. The van der Waals surface area contributed by atoms with E-state index in [4.69, 9.17) is 11.6 Å². The van der Waals surface area contributed by atoms with E-state index in [0.717, 1.165) is 5.56 Å². The van der Waals surface area contributed by atoms with Gasteiger partial charge in [0.15, 0.2) is 11.5 Å². The maximum atomic E-state index is 13.2. The quantitative estimate of drug-likeness (QED) is 0.794. The van der Waals surface area contributed by atoms with Gasteiger partial charge in [0, 0.05) is 18.8 Å². The molecule has 0 spiro atoms. The first-order chi connectivity index (χ1) is 8.63. The number of aromatic nitrogens is 3. The standard InChI is InChI=1S/C12H10ClFN4/c1-7-2-11-16-12(17-18(11)6-10(7)13)8-3-9(14)5-15-4-8/h2,4-6,8H,3H2,1H3. The maximum Gasteiger partial charge on any atom is 0.160 e. The number of aliphatic imine (C=N–C) groups is 1. The van der Waals surface area contributed by atoms with Crippen molar-refractivity contribution < 1.29 is 4.39 Å². The number of fused-ring (bicyclic) bond motifs is 1. The number of pyridine rings is 1. The molecule has 0 amide bonds. The predicted molar refractivity (Wildman–Crippen MR) is 67.8 cm³/mol. The fraction of sp³-hybridized carbons (Fsp3) is 0.250. The molecule has 0 N–H and O–H groups in total. The Labute approximate surface area is 108 Å². The molecule has 6 heteroatoms. The Morgan fingerprint density at radius 3 is 3.11 bits per heavy atom. The zero-order chi connectivity index (χ0) is 12.7. The molecule has 0 saturated heterocycles. The summed E-state index contributed by atoms with van der Waals surface area (Å²) in [4.78, 5) is 8.22. The van der Waals surface area contributed by atoms with Crippen LogP contribution in [0.2, 0.25) is 5.02 Å². The molecule has 1 aliphatic heterocycles. The molecule has 1 unspecified atom stereocenters. The van der Waals surface area contributed by atoms with Gasteiger partial charge in [0.25, 0.3) is 0 Å². The fourth-order valence-electron chi connectivity index (χ4n) is 1.88. The lowest BCUT2D eigenvalue weighted by molar-refractivity contribution is 0.563. The maximum absolute atomic E-state index is 13.2. The molecule has 0 saturated carbocycles. The van der Waals surface area contributed by atoms with Gasteiger partial charge >= 0.3 is 0 Å². The van der Waals surface area contributed by atoms with Crippen molar-refractivity contribution in [1.29, 1.82) is 0 Å². The number of hydrogen-bond donors (Lipinski definition) is 0.